The van der Waals surface area contributed by atoms with Gasteiger partial charge in [-0.3, -0.25) is 9.69 Å². The zero-order chi connectivity index (χ0) is 24.2. The summed E-state index contributed by atoms with van der Waals surface area (Å²) in [5, 5.41) is 13.8. The summed E-state index contributed by atoms with van der Waals surface area (Å²) in [5.74, 6) is 0.812. The molecule has 182 valence electrons. The summed E-state index contributed by atoms with van der Waals surface area (Å²) in [7, 11) is 0. The van der Waals surface area contributed by atoms with Crippen LogP contribution in [-0.2, 0) is 24.4 Å². The van der Waals surface area contributed by atoms with Crippen LogP contribution in [-0.4, -0.2) is 42.8 Å². The van der Waals surface area contributed by atoms with E-state index in [1.54, 1.807) is 0 Å². The minimum atomic E-state index is -0.0568. The van der Waals surface area contributed by atoms with Crippen molar-refractivity contribution in [2.45, 2.75) is 64.9 Å². The van der Waals surface area contributed by atoms with Crippen LogP contribution in [0.4, 0.5) is 0 Å². The van der Waals surface area contributed by atoms with Crippen LogP contribution in [0, 0.1) is 6.92 Å². The Bertz CT molecular complexity index is 1330. The molecule has 1 fully saturated rings. The molecule has 1 saturated heterocycles. The largest absolute Gasteiger partial charge is 0.376 e. The number of tetrazole rings is 1. The molecule has 0 unspecified atom stereocenters. The van der Waals surface area contributed by atoms with Gasteiger partial charge in [-0.1, -0.05) is 55.5 Å². The fourth-order valence-corrected chi connectivity index (χ4v) is 5.02. The molecule has 0 bridgehead atoms. The maximum Gasteiger partial charge on any atom is 0.252 e. The molecular weight excluding hydrogens is 440 g/mol. The minimum Gasteiger partial charge on any atom is -0.376 e. The van der Waals surface area contributed by atoms with E-state index in [1.165, 1.54) is 5.56 Å². The zero-order valence-electron chi connectivity index (χ0n) is 20.4. The molecule has 0 amide bonds. The SMILES string of the molecule is CC[C@@H](c1nnnn1C[C@@H]1CCCO1)N(Cc1ccccc1)Cc1cc2cccc(C)c2[nH]c1=O. The second-order valence-electron chi connectivity index (χ2n) is 9.33. The van der Waals surface area contributed by atoms with Gasteiger partial charge in [0.05, 0.1) is 24.2 Å². The molecule has 2 aromatic heterocycles. The van der Waals surface area contributed by atoms with E-state index < -0.39 is 0 Å². The summed E-state index contributed by atoms with van der Waals surface area (Å²) in [6.45, 7) is 6.76. The van der Waals surface area contributed by atoms with Crippen molar-refractivity contribution in [1.29, 1.82) is 0 Å². The predicted molar refractivity (Wildman–Crippen MR) is 135 cm³/mol. The van der Waals surface area contributed by atoms with Crippen molar-refractivity contribution in [3.63, 3.8) is 0 Å². The standard InChI is InChI=1S/C27H32N6O2/c1-3-24(26-29-30-31-33(26)18-23-13-8-14-35-23)32(16-20-10-5-4-6-11-20)17-22-15-21-12-7-9-19(2)25(21)28-27(22)34/h4-7,9-12,15,23-24H,3,8,13-14,16-18H2,1-2H3,(H,28,34)/t23-,24-/m0/s1. The molecule has 4 aromatic rings. The van der Waals surface area contributed by atoms with Crippen LogP contribution >= 0.6 is 0 Å². The molecule has 35 heavy (non-hydrogen) atoms. The van der Waals surface area contributed by atoms with Gasteiger partial charge >= 0.3 is 0 Å². The highest BCUT2D eigenvalue weighted by Crippen LogP contribution is 2.27. The van der Waals surface area contributed by atoms with Crippen LogP contribution in [0.25, 0.3) is 10.9 Å². The average molecular weight is 473 g/mol. The number of aromatic amines is 1. The second kappa shape index (κ2) is 10.5. The molecule has 1 aliphatic rings. The summed E-state index contributed by atoms with van der Waals surface area (Å²) in [4.78, 5) is 18.5. The summed E-state index contributed by atoms with van der Waals surface area (Å²) < 4.78 is 7.72. The molecule has 3 heterocycles. The Morgan fingerprint density at radius 1 is 1.17 bits per heavy atom. The third-order valence-corrected chi connectivity index (χ3v) is 6.85. The Hall–Kier alpha value is -3.36. The summed E-state index contributed by atoms with van der Waals surface area (Å²) in [6.07, 6.45) is 3.05. The third kappa shape index (κ3) is 5.18. The summed E-state index contributed by atoms with van der Waals surface area (Å²) >= 11 is 0. The van der Waals surface area contributed by atoms with Crippen molar-refractivity contribution in [1.82, 2.24) is 30.1 Å². The first kappa shape index (κ1) is 23.4. The highest BCUT2D eigenvalue weighted by Gasteiger charge is 2.28. The van der Waals surface area contributed by atoms with E-state index >= 15 is 0 Å². The van der Waals surface area contributed by atoms with Crippen molar-refractivity contribution in [2.75, 3.05) is 6.61 Å². The Labute approximate surface area is 204 Å². The number of fused-ring (bicyclic) bond motifs is 1. The van der Waals surface area contributed by atoms with Crippen LogP contribution < -0.4 is 5.56 Å². The van der Waals surface area contributed by atoms with Crippen molar-refractivity contribution in [3.05, 3.63) is 87.5 Å². The molecule has 5 rings (SSSR count). The van der Waals surface area contributed by atoms with Gasteiger partial charge < -0.3 is 9.72 Å². The Balaban J connectivity index is 1.50. The molecule has 2 aromatic carbocycles. The number of rotatable bonds is 9. The molecule has 1 N–H and O–H groups in total. The summed E-state index contributed by atoms with van der Waals surface area (Å²) in [6, 6.07) is 18.4. The number of aryl methyl sites for hydroxylation is 1. The fourth-order valence-electron chi connectivity index (χ4n) is 5.02. The van der Waals surface area contributed by atoms with Crippen LogP contribution in [0.1, 0.15) is 54.7 Å². The van der Waals surface area contributed by atoms with Gasteiger partial charge in [0.1, 0.15) is 0 Å². The number of hydrogen-bond acceptors (Lipinski definition) is 6. The van der Waals surface area contributed by atoms with Gasteiger partial charge in [-0.15, -0.1) is 5.10 Å². The van der Waals surface area contributed by atoms with E-state index in [0.29, 0.717) is 19.6 Å². The highest BCUT2D eigenvalue weighted by atomic mass is 16.5. The van der Waals surface area contributed by atoms with Gasteiger partial charge in [0, 0.05) is 25.3 Å². The third-order valence-electron chi connectivity index (χ3n) is 6.85. The number of ether oxygens (including phenoxy) is 1. The van der Waals surface area contributed by atoms with E-state index in [1.807, 2.05) is 54.1 Å². The monoisotopic (exact) mass is 472 g/mol. The molecule has 8 nitrogen and oxygen atoms in total. The van der Waals surface area contributed by atoms with Crippen LogP contribution in [0.15, 0.2) is 59.4 Å². The van der Waals surface area contributed by atoms with Gasteiger partial charge in [-0.05, 0) is 59.2 Å². The first-order chi connectivity index (χ1) is 17.1. The van der Waals surface area contributed by atoms with Gasteiger partial charge in [-0.2, -0.15) is 0 Å². The molecule has 1 aliphatic heterocycles. The molecular formula is C27H32N6O2. The van der Waals surface area contributed by atoms with Crippen molar-refractivity contribution in [2.24, 2.45) is 0 Å². The number of hydrogen-bond donors (Lipinski definition) is 1. The van der Waals surface area contributed by atoms with Crippen LogP contribution in [0.5, 0.6) is 0 Å². The quantitative estimate of drug-likeness (QED) is 0.394. The molecule has 0 radical (unpaired) electrons. The number of pyridine rings is 1. The Morgan fingerprint density at radius 3 is 2.80 bits per heavy atom. The number of para-hydroxylation sites is 1. The van der Waals surface area contributed by atoms with Crippen LogP contribution in [0.2, 0.25) is 0 Å². The van der Waals surface area contributed by atoms with Crippen molar-refractivity contribution >= 4 is 10.9 Å². The lowest BCUT2D eigenvalue weighted by molar-refractivity contribution is 0.0888. The lowest BCUT2D eigenvalue weighted by Crippen LogP contribution is -2.33. The first-order valence-corrected chi connectivity index (χ1v) is 12.4. The Kier molecular flexibility index (Phi) is 7.01. The van der Waals surface area contributed by atoms with Crippen LogP contribution in [0.3, 0.4) is 0 Å². The predicted octanol–water partition coefficient (Wildman–Crippen LogP) is 4.16. The van der Waals surface area contributed by atoms with E-state index in [2.05, 4.69) is 44.5 Å². The van der Waals surface area contributed by atoms with E-state index in [0.717, 1.165) is 53.7 Å². The number of aromatic nitrogens is 5. The fraction of sp³-hybridized carbons (Fsp3) is 0.407. The van der Waals surface area contributed by atoms with Crippen molar-refractivity contribution < 1.29 is 4.74 Å². The van der Waals surface area contributed by atoms with Crippen molar-refractivity contribution in [3.8, 4) is 0 Å². The lowest BCUT2D eigenvalue weighted by atomic mass is 10.1. The van der Waals surface area contributed by atoms with E-state index in [4.69, 9.17) is 4.74 Å². The molecule has 0 saturated carbocycles. The van der Waals surface area contributed by atoms with E-state index in [9.17, 15) is 4.79 Å². The average Bonchev–Trinajstić information content (AvgIpc) is 3.54. The first-order valence-electron chi connectivity index (χ1n) is 12.4. The van der Waals surface area contributed by atoms with Gasteiger partial charge in [0.15, 0.2) is 5.82 Å². The topological polar surface area (TPSA) is 88.9 Å². The molecule has 0 spiro atoms. The molecule has 8 heteroatoms. The number of nitrogens with one attached hydrogen (secondary N) is 1. The Morgan fingerprint density at radius 2 is 2.03 bits per heavy atom. The maximum atomic E-state index is 13.1. The maximum absolute atomic E-state index is 13.1. The van der Waals surface area contributed by atoms with Gasteiger partial charge in [0.25, 0.3) is 5.56 Å². The van der Waals surface area contributed by atoms with Gasteiger partial charge in [-0.25, -0.2) is 4.68 Å². The van der Waals surface area contributed by atoms with Gasteiger partial charge in [0.2, 0.25) is 0 Å². The number of nitrogens with zero attached hydrogens (tertiary/aromatic N) is 5. The molecule has 2 atom stereocenters. The van der Waals surface area contributed by atoms with E-state index in [-0.39, 0.29) is 17.7 Å². The zero-order valence-corrected chi connectivity index (χ0v) is 20.4. The number of benzene rings is 2. The number of H-pyrrole nitrogens is 1. The second-order valence-corrected chi connectivity index (χ2v) is 9.33. The smallest absolute Gasteiger partial charge is 0.252 e. The molecule has 0 aliphatic carbocycles. The normalized spacial score (nSPS) is 16.8. The summed E-state index contributed by atoms with van der Waals surface area (Å²) in [5.41, 5.74) is 3.81. The minimum absolute atomic E-state index is 0.0563. The highest BCUT2D eigenvalue weighted by molar-refractivity contribution is 5.81. The lowest BCUT2D eigenvalue weighted by Gasteiger charge is -2.30.